The Labute approximate surface area is 92.5 Å². The van der Waals surface area contributed by atoms with Gasteiger partial charge in [0, 0.05) is 19.1 Å². The molecule has 0 aliphatic carbocycles. The second kappa shape index (κ2) is 5.91. The maximum Gasteiger partial charge on any atom is 0.243 e. The lowest BCUT2D eigenvalue weighted by Gasteiger charge is -2.32. The molecule has 3 nitrogen and oxygen atoms in total. The first-order valence-corrected chi connectivity index (χ1v) is 5.77. The third kappa shape index (κ3) is 4.47. The monoisotopic (exact) mass is 210 g/mol. The normalized spacial score (nSPS) is 24.5. The summed E-state index contributed by atoms with van der Waals surface area (Å²) in [6.45, 7) is 11.1. The molecule has 1 saturated heterocycles. The van der Waals surface area contributed by atoms with Gasteiger partial charge in [-0.2, -0.15) is 0 Å². The molecule has 1 fully saturated rings. The molecule has 86 valence electrons. The minimum Gasteiger partial charge on any atom is -0.349 e. The molecule has 0 aromatic heterocycles. The Morgan fingerprint density at radius 3 is 3.07 bits per heavy atom. The van der Waals surface area contributed by atoms with Gasteiger partial charge in [-0.3, -0.25) is 4.79 Å². The molecule has 1 aliphatic rings. The summed E-state index contributed by atoms with van der Waals surface area (Å²) in [5.74, 6) is 0.716. The van der Waals surface area contributed by atoms with Crippen LogP contribution < -0.4 is 5.32 Å². The van der Waals surface area contributed by atoms with Crippen LogP contribution in [0.5, 0.6) is 0 Å². The molecule has 0 bridgehead atoms. The van der Waals surface area contributed by atoms with Crippen LogP contribution >= 0.6 is 0 Å². The fourth-order valence-corrected chi connectivity index (χ4v) is 2.19. The lowest BCUT2D eigenvalue weighted by molar-refractivity contribution is -0.117. The van der Waals surface area contributed by atoms with E-state index in [2.05, 4.69) is 23.7 Å². The highest BCUT2D eigenvalue weighted by Gasteiger charge is 2.18. The molecule has 15 heavy (non-hydrogen) atoms. The second-order valence-corrected chi connectivity index (χ2v) is 4.62. The predicted octanol–water partition coefficient (Wildman–Crippen LogP) is 1.41. The van der Waals surface area contributed by atoms with Crippen LogP contribution in [0.2, 0.25) is 0 Å². The van der Waals surface area contributed by atoms with E-state index in [-0.39, 0.29) is 11.9 Å². The van der Waals surface area contributed by atoms with Gasteiger partial charge in [0.2, 0.25) is 5.91 Å². The van der Waals surface area contributed by atoms with E-state index in [1.54, 1.807) is 0 Å². The topological polar surface area (TPSA) is 32.3 Å². The maximum atomic E-state index is 11.1. The lowest BCUT2D eigenvalue weighted by Crippen LogP contribution is -2.44. The molecule has 0 aromatic carbocycles. The largest absolute Gasteiger partial charge is 0.349 e. The Hall–Kier alpha value is -0.830. The number of hydrogen-bond donors (Lipinski definition) is 1. The molecule has 1 heterocycles. The standard InChI is InChI=1S/C12H22N2O/c1-4-12(15)13-11(3)9-14-7-5-6-10(2)8-14/h4,10-11H,1,5-9H2,2-3H3,(H,13,15)/t10-,11+/m0/s1. The number of carbonyl (C=O) groups excluding carboxylic acids is 1. The third-order valence-corrected chi connectivity index (χ3v) is 2.85. The van der Waals surface area contributed by atoms with E-state index in [9.17, 15) is 4.79 Å². The highest BCUT2D eigenvalue weighted by molar-refractivity contribution is 5.87. The van der Waals surface area contributed by atoms with Crippen molar-refractivity contribution >= 4 is 5.91 Å². The molecule has 0 saturated carbocycles. The Morgan fingerprint density at radius 2 is 2.47 bits per heavy atom. The number of hydrogen-bond acceptors (Lipinski definition) is 2. The summed E-state index contributed by atoms with van der Waals surface area (Å²) in [4.78, 5) is 13.5. The van der Waals surface area contributed by atoms with Crippen LogP contribution in [0.4, 0.5) is 0 Å². The molecule has 1 rings (SSSR count). The zero-order valence-electron chi connectivity index (χ0n) is 9.83. The Bertz CT molecular complexity index is 228. The number of nitrogens with one attached hydrogen (secondary N) is 1. The van der Waals surface area contributed by atoms with Gasteiger partial charge in [0.1, 0.15) is 0 Å². The van der Waals surface area contributed by atoms with E-state index >= 15 is 0 Å². The average Bonchev–Trinajstić information content (AvgIpc) is 2.17. The Morgan fingerprint density at radius 1 is 1.73 bits per heavy atom. The summed E-state index contributed by atoms with van der Waals surface area (Å²) in [6.07, 6.45) is 3.95. The van der Waals surface area contributed by atoms with Crippen LogP contribution in [0.3, 0.4) is 0 Å². The molecule has 2 atom stereocenters. The van der Waals surface area contributed by atoms with E-state index in [1.165, 1.54) is 25.5 Å². The number of carbonyl (C=O) groups is 1. The highest BCUT2D eigenvalue weighted by atomic mass is 16.1. The van der Waals surface area contributed by atoms with Crippen LogP contribution in [-0.4, -0.2) is 36.5 Å². The number of nitrogens with zero attached hydrogens (tertiary/aromatic N) is 1. The van der Waals surface area contributed by atoms with Gasteiger partial charge in [-0.05, 0) is 38.3 Å². The SMILES string of the molecule is C=CC(=O)N[C@H](C)CN1CCC[C@H](C)C1. The van der Waals surface area contributed by atoms with Crippen LogP contribution in [0.25, 0.3) is 0 Å². The van der Waals surface area contributed by atoms with Gasteiger partial charge in [0.15, 0.2) is 0 Å². The summed E-state index contributed by atoms with van der Waals surface area (Å²) in [5, 5.41) is 2.89. The summed E-state index contributed by atoms with van der Waals surface area (Å²) < 4.78 is 0. The first-order chi connectivity index (χ1) is 7.11. The van der Waals surface area contributed by atoms with Crippen LogP contribution in [-0.2, 0) is 4.79 Å². The van der Waals surface area contributed by atoms with E-state index < -0.39 is 0 Å². The molecule has 3 heteroatoms. The fraction of sp³-hybridized carbons (Fsp3) is 0.750. The molecule has 0 unspecified atom stereocenters. The highest BCUT2D eigenvalue weighted by Crippen LogP contribution is 2.15. The van der Waals surface area contributed by atoms with Crippen molar-refractivity contribution in [3.8, 4) is 0 Å². The Balaban J connectivity index is 2.27. The molecular weight excluding hydrogens is 188 g/mol. The van der Waals surface area contributed by atoms with Gasteiger partial charge in [-0.15, -0.1) is 0 Å². The van der Waals surface area contributed by atoms with Crippen LogP contribution in [0.15, 0.2) is 12.7 Å². The molecule has 1 amide bonds. The minimum atomic E-state index is -0.0763. The fourth-order valence-electron chi connectivity index (χ4n) is 2.19. The Kier molecular flexibility index (Phi) is 4.82. The van der Waals surface area contributed by atoms with Crippen molar-refractivity contribution in [3.05, 3.63) is 12.7 Å². The molecule has 1 aliphatic heterocycles. The predicted molar refractivity (Wildman–Crippen MR) is 62.6 cm³/mol. The van der Waals surface area contributed by atoms with Crippen molar-refractivity contribution in [3.63, 3.8) is 0 Å². The van der Waals surface area contributed by atoms with E-state index in [0.29, 0.717) is 0 Å². The van der Waals surface area contributed by atoms with Crippen molar-refractivity contribution in [1.82, 2.24) is 10.2 Å². The van der Waals surface area contributed by atoms with E-state index in [1.807, 2.05) is 6.92 Å². The number of piperidine rings is 1. The molecular formula is C12H22N2O. The summed E-state index contributed by atoms with van der Waals surface area (Å²) in [5.41, 5.74) is 0. The zero-order chi connectivity index (χ0) is 11.3. The zero-order valence-corrected chi connectivity index (χ0v) is 9.83. The van der Waals surface area contributed by atoms with Gasteiger partial charge in [-0.1, -0.05) is 13.5 Å². The van der Waals surface area contributed by atoms with Crippen molar-refractivity contribution in [1.29, 1.82) is 0 Å². The van der Waals surface area contributed by atoms with Gasteiger partial charge in [0.05, 0.1) is 0 Å². The van der Waals surface area contributed by atoms with Crippen molar-refractivity contribution in [2.24, 2.45) is 5.92 Å². The summed E-state index contributed by atoms with van der Waals surface area (Å²) >= 11 is 0. The first kappa shape index (κ1) is 12.2. The molecule has 0 aromatic rings. The second-order valence-electron chi connectivity index (χ2n) is 4.62. The van der Waals surface area contributed by atoms with Gasteiger partial charge in [0.25, 0.3) is 0 Å². The number of amides is 1. The summed E-state index contributed by atoms with van der Waals surface area (Å²) in [6, 6.07) is 0.209. The smallest absolute Gasteiger partial charge is 0.243 e. The number of rotatable bonds is 4. The van der Waals surface area contributed by atoms with Crippen molar-refractivity contribution in [2.45, 2.75) is 32.7 Å². The van der Waals surface area contributed by atoms with E-state index in [4.69, 9.17) is 0 Å². The first-order valence-electron chi connectivity index (χ1n) is 5.77. The molecule has 1 N–H and O–H groups in total. The lowest BCUT2D eigenvalue weighted by atomic mass is 10.00. The van der Waals surface area contributed by atoms with Crippen LogP contribution in [0.1, 0.15) is 26.7 Å². The quantitative estimate of drug-likeness (QED) is 0.712. The maximum absolute atomic E-state index is 11.1. The van der Waals surface area contributed by atoms with Gasteiger partial charge in [-0.25, -0.2) is 0 Å². The minimum absolute atomic E-state index is 0.0763. The van der Waals surface area contributed by atoms with Gasteiger partial charge < -0.3 is 10.2 Å². The van der Waals surface area contributed by atoms with Crippen molar-refractivity contribution < 1.29 is 4.79 Å². The number of likely N-dealkylation sites (tertiary alicyclic amines) is 1. The van der Waals surface area contributed by atoms with Gasteiger partial charge >= 0.3 is 0 Å². The summed E-state index contributed by atoms with van der Waals surface area (Å²) in [7, 11) is 0. The van der Waals surface area contributed by atoms with Crippen LogP contribution in [0, 0.1) is 5.92 Å². The molecule has 0 spiro atoms. The van der Waals surface area contributed by atoms with E-state index in [0.717, 1.165) is 19.0 Å². The van der Waals surface area contributed by atoms with Crippen molar-refractivity contribution in [2.75, 3.05) is 19.6 Å². The average molecular weight is 210 g/mol. The third-order valence-electron chi connectivity index (χ3n) is 2.85. The molecule has 0 radical (unpaired) electrons.